The molecule has 0 fully saturated rings. The van der Waals surface area contributed by atoms with Gasteiger partial charge in [0.1, 0.15) is 10.8 Å². The Morgan fingerprint density at radius 3 is 1.06 bits per heavy atom. The molecule has 7 N–H and O–H groups in total. The molecule has 8 aromatic heterocycles. The Bertz CT molecular complexity index is 6150. The predicted molar refractivity (Wildman–Crippen MR) is 457 cm³/mol. The van der Waals surface area contributed by atoms with E-state index < -0.39 is 37.2 Å². The average molecular weight is 1680 g/mol. The zero-order valence-electron chi connectivity index (χ0n) is 66.2. The van der Waals surface area contributed by atoms with Crippen LogP contribution in [0.3, 0.4) is 0 Å². The summed E-state index contributed by atoms with van der Waals surface area (Å²) in [5.41, 5.74) is 18.1. The van der Waals surface area contributed by atoms with Crippen molar-refractivity contribution in [1.29, 1.82) is 0 Å². The molecular weight excluding hydrogens is 1590 g/mol. The van der Waals surface area contributed by atoms with Gasteiger partial charge < -0.3 is 36.5 Å². The van der Waals surface area contributed by atoms with Crippen LogP contribution < -0.4 is 56.5 Å². The van der Waals surface area contributed by atoms with Gasteiger partial charge in [-0.05, 0) is 172 Å². The fraction of sp³-hybridized carbons (Fsp3) is 0.205. The van der Waals surface area contributed by atoms with E-state index in [1.54, 1.807) is 130 Å². The van der Waals surface area contributed by atoms with Gasteiger partial charge >= 0.3 is 36.7 Å². The van der Waals surface area contributed by atoms with Gasteiger partial charge in [0.15, 0.2) is 16.9 Å². The SMILES string of the molecule is CC(C)N.C[O-].Cc1cc2c(-c3ccccc3)nc(NC(C)C)nc2[nH]1.Cc1ccc(S(=O)(=O)n2c(C)cc3c(-c4ccccc4)nc(Cl)nc32)cc1.Cc1ccc(S(=O)(=O)n2c(C)cc3c(-c4ccccc4)nc(NC(C)C)nc32)cc1.Cc1ccc(S(=O)(=O)n2c(C)cc3c(Cl)nc(Cl)nc32)cc1.OB(O)c1ccccc1.[Na+]. The van der Waals surface area contributed by atoms with Crippen molar-refractivity contribution in [3.63, 3.8) is 0 Å². The Morgan fingerprint density at radius 1 is 0.409 bits per heavy atom. The smallest absolute Gasteiger partial charge is 0.857 e. The van der Waals surface area contributed by atoms with Crippen molar-refractivity contribution < 1.29 is 70.0 Å². The number of nitrogens with zero attached hydrogens (tertiary/aromatic N) is 11. The van der Waals surface area contributed by atoms with Crippen LogP contribution in [0.2, 0.25) is 15.7 Å². The number of aryl methyl sites for hydroxylation is 7. The van der Waals surface area contributed by atoms with E-state index in [0.717, 1.165) is 66.9 Å². The van der Waals surface area contributed by atoms with E-state index in [2.05, 4.69) is 82.6 Å². The number of halogens is 3. The Kier molecular flexibility index (Phi) is 31.7. The van der Waals surface area contributed by atoms with Crippen molar-refractivity contribution in [1.82, 2.24) is 56.8 Å². The molecule has 0 atom stereocenters. The van der Waals surface area contributed by atoms with Crippen LogP contribution in [-0.4, -0.2) is 124 Å². The van der Waals surface area contributed by atoms with Gasteiger partial charge in [-0.2, -0.15) is 27.0 Å². The fourth-order valence-electron chi connectivity index (χ4n) is 11.7. The summed E-state index contributed by atoms with van der Waals surface area (Å²) in [5.74, 6) is 1.06. The maximum Gasteiger partial charge on any atom is 1.00 e. The van der Waals surface area contributed by atoms with Gasteiger partial charge in [0, 0.05) is 67.7 Å². The third-order valence-corrected chi connectivity index (χ3v) is 22.7. The largest absolute Gasteiger partial charge is 1.00 e. The normalized spacial score (nSPS) is 11.2. The number of anilines is 2. The number of rotatable bonds is 14. The van der Waals surface area contributed by atoms with Crippen molar-refractivity contribution >= 4 is 133 Å². The molecule has 0 aliphatic carbocycles. The topological polar surface area (TPSA) is 350 Å². The molecule has 592 valence electrons. The van der Waals surface area contributed by atoms with E-state index in [9.17, 15) is 25.3 Å². The zero-order valence-corrected chi connectivity index (χ0v) is 72.9. The minimum atomic E-state index is -3.82. The molecule has 0 aliphatic heterocycles. The van der Waals surface area contributed by atoms with Crippen LogP contribution in [0, 0.1) is 48.5 Å². The molecule has 0 saturated heterocycles. The number of hydrogen-bond donors (Lipinski definition) is 6. The second kappa shape index (κ2) is 40.2. The van der Waals surface area contributed by atoms with Crippen LogP contribution in [0.1, 0.15) is 81.0 Å². The van der Waals surface area contributed by atoms with E-state index in [0.29, 0.717) is 79.7 Å². The number of hydrogen-bond acceptors (Lipinski definition) is 20. The van der Waals surface area contributed by atoms with Crippen LogP contribution in [0.25, 0.3) is 77.9 Å². The van der Waals surface area contributed by atoms with Crippen LogP contribution in [0.15, 0.2) is 233 Å². The van der Waals surface area contributed by atoms with Crippen molar-refractivity contribution in [2.75, 3.05) is 17.7 Å². The molecule has 15 aromatic rings. The molecule has 0 unspecified atom stereocenters. The molecule has 32 heteroatoms. The van der Waals surface area contributed by atoms with Gasteiger partial charge in [0.05, 0.1) is 37.2 Å². The van der Waals surface area contributed by atoms with E-state index in [-0.39, 0.29) is 77.3 Å². The molecule has 8 heterocycles. The number of nitrogens with one attached hydrogen (secondary N) is 3. The fourth-order valence-corrected chi connectivity index (χ4v) is 16.7. The van der Waals surface area contributed by atoms with Crippen LogP contribution in [0.5, 0.6) is 0 Å². The maximum absolute atomic E-state index is 13.5. The molecule has 0 amide bonds. The van der Waals surface area contributed by atoms with Gasteiger partial charge in [0.2, 0.25) is 22.5 Å². The van der Waals surface area contributed by atoms with Crippen molar-refractivity contribution in [3.05, 3.63) is 274 Å². The second-order valence-electron chi connectivity index (χ2n) is 27.2. The number of aromatic amines is 1. The van der Waals surface area contributed by atoms with Crippen molar-refractivity contribution in [2.24, 2.45) is 5.73 Å². The zero-order chi connectivity index (χ0) is 83.1. The molecule has 0 bridgehead atoms. The quantitative estimate of drug-likeness (QED) is 0.0334. The van der Waals surface area contributed by atoms with Gasteiger partial charge in [-0.1, -0.05) is 200 Å². The monoisotopic (exact) mass is 1670 g/mol. The maximum atomic E-state index is 13.5. The first-order valence-electron chi connectivity index (χ1n) is 35.9. The third-order valence-electron chi connectivity index (χ3n) is 16.6. The predicted octanol–water partition coefficient (Wildman–Crippen LogP) is 12.4. The van der Waals surface area contributed by atoms with Gasteiger partial charge in [0.25, 0.3) is 30.1 Å². The molecule has 15 rings (SSSR count). The molecule has 0 saturated carbocycles. The molecule has 7 aromatic carbocycles. The van der Waals surface area contributed by atoms with Crippen LogP contribution in [-0.2, 0) is 30.1 Å². The summed E-state index contributed by atoms with van der Waals surface area (Å²) in [7, 11) is -12.0. The summed E-state index contributed by atoms with van der Waals surface area (Å²) in [5, 5.41) is 34.8. The number of benzene rings is 7. The third kappa shape index (κ3) is 22.5. The second-order valence-corrected chi connectivity index (χ2v) is 33.6. The first kappa shape index (κ1) is 90.8. The van der Waals surface area contributed by atoms with Gasteiger partial charge in [-0.25, -0.2) is 57.1 Å². The Morgan fingerprint density at radius 2 is 0.713 bits per heavy atom. The summed E-state index contributed by atoms with van der Waals surface area (Å²) >= 11 is 18.0. The Balaban J connectivity index is 0.000000182. The van der Waals surface area contributed by atoms with Gasteiger partial charge in [-0.3, -0.25) is 0 Å². The number of fused-ring (bicyclic) bond motifs is 4. The number of H-pyrrole nitrogens is 1. The van der Waals surface area contributed by atoms with E-state index in [1.165, 1.54) is 7.94 Å². The van der Waals surface area contributed by atoms with Crippen LogP contribution in [0.4, 0.5) is 11.9 Å². The molecule has 0 spiro atoms. The summed E-state index contributed by atoms with van der Waals surface area (Å²) in [6, 6.07) is 66.3. The molecule has 24 nitrogen and oxygen atoms in total. The average Bonchev–Trinajstić information content (AvgIpc) is 1.61. The Hall–Kier alpha value is -9.76. The van der Waals surface area contributed by atoms with E-state index >= 15 is 0 Å². The molecule has 0 aliphatic rings. The minimum absolute atomic E-state index is 0. The van der Waals surface area contributed by atoms with Gasteiger partial charge in [-0.15, -0.1) is 0 Å². The summed E-state index contributed by atoms with van der Waals surface area (Å²) < 4.78 is 83.0. The first-order chi connectivity index (χ1) is 54.1. The van der Waals surface area contributed by atoms with E-state index in [4.69, 9.17) is 60.7 Å². The Labute approximate surface area is 708 Å². The van der Waals surface area contributed by atoms with E-state index in [1.807, 2.05) is 146 Å². The summed E-state index contributed by atoms with van der Waals surface area (Å²) in [6.07, 6.45) is 0. The van der Waals surface area contributed by atoms with Crippen molar-refractivity contribution in [2.45, 2.75) is 123 Å². The molecule has 115 heavy (non-hydrogen) atoms. The number of aromatic nitrogens is 12. The number of nitrogens with two attached hydrogens (primary N) is 1. The van der Waals surface area contributed by atoms with Crippen molar-refractivity contribution in [3.8, 4) is 33.8 Å². The van der Waals surface area contributed by atoms with Crippen LogP contribution >= 0.6 is 34.8 Å². The molecular formula is C83H88BCl3N15NaO9S3. The summed E-state index contributed by atoms with van der Waals surface area (Å²) in [6.45, 7) is 25.0. The standard InChI is InChI=1S/C23H24N4O2S.C20H16ClN3O2S.C16H18N4.C14H11Cl2N3O2S.C6H7BO2.C3H9N.CH3O.Na/c1-15(2)24-23-25-21(18-8-6-5-7-9-18)20-14-17(4)27(22(20)26-23)30(28,29)19-12-10-16(3)11-13-19;1-13-8-10-16(11-9-13)27(25,26)24-14(2)12-17-18(15-6-4-3-5-7-15)22-20(21)23-19(17)24;1-10(2)17-16-19-14(12-7-5-4-6-8-12)13-9-11(3)18-15(13)20-16;1-8-3-5-10(6-4-8)22(20,21)19-9(2)7-11-12(15)17-14(16)18-13(11)19;8-7(9)6-4-2-1-3-5-6;1-3(2)4;1-2;/h5-15H,1-4H3,(H,24,25,26);3-12H,1-2H3;4-10H,1-3H3,(H2,17,18,19,20);3-7H,1-2H3;1-5,8-9H;3H,4H2,1-2H3;1H3;/q;;;;;;-1;+1. The summed E-state index contributed by atoms with van der Waals surface area (Å²) in [4.78, 5) is 38.8. The minimum Gasteiger partial charge on any atom is -0.857 e. The first-order valence-corrected chi connectivity index (χ1v) is 41.4. The molecule has 0 radical (unpaired) electrons.